The molecule has 0 aliphatic heterocycles. The Hall–Kier alpha value is -1.93. The minimum absolute atomic E-state index is 0.183. The van der Waals surface area contributed by atoms with Gasteiger partial charge in [0.1, 0.15) is 4.90 Å². The quantitative estimate of drug-likeness (QED) is 0.762. The van der Waals surface area contributed by atoms with Crippen molar-refractivity contribution >= 4 is 15.7 Å². The minimum atomic E-state index is -3.69. The molecule has 0 radical (unpaired) electrons. The minimum Gasteiger partial charge on any atom is -0.314 e. The predicted octanol–water partition coefficient (Wildman–Crippen LogP) is 0.942. The lowest BCUT2D eigenvalue weighted by Gasteiger charge is -2.10. The van der Waals surface area contributed by atoms with E-state index in [4.69, 9.17) is 0 Å². The molecule has 0 spiro atoms. The zero-order valence-corrected chi connectivity index (χ0v) is 12.4. The third-order valence-electron chi connectivity index (χ3n) is 2.84. The standard InChI is InChI=1S/C12H17N5O2S/c1-8-6-14-5-4-10(8)17-20(18,19)12-9(2)15-16-11(12)7-13-3/h4-6,13H,7H2,1-3H3,(H,14,17)(H,15,16). The molecule has 2 aromatic rings. The molecule has 0 aromatic carbocycles. The van der Waals surface area contributed by atoms with Gasteiger partial charge < -0.3 is 5.32 Å². The van der Waals surface area contributed by atoms with E-state index in [1.807, 2.05) is 0 Å². The van der Waals surface area contributed by atoms with Crippen molar-refractivity contribution in [3.05, 3.63) is 35.4 Å². The summed E-state index contributed by atoms with van der Waals surface area (Å²) in [4.78, 5) is 4.12. The number of sulfonamides is 1. The first-order valence-electron chi connectivity index (χ1n) is 6.07. The van der Waals surface area contributed by atoms with Crippen LogP contribution in [-0.2, 0) is 16.6 Å². The van der Waals surface area contributed by atoms with E-state index < -0.39 is 10.0 Å². The van der Waals surface area contributed by atoms with Gasteiger partial charge in [0.05, 0.1) is 17.1 Å². The van der Waals surface area contributed by atoms with Gasteiger partial charge in [-0.25, -0.2) is 8.42 Å². The number of pyridine rings is 1. The van der Waals surface area contributed by atoms with Crippen molar-refractivity contribution in [1.29, 1.82) is 0 Å². The van der Waals surface area contributed by atoms with Gasteiger partial charge in [-0.05, 0) is 32.5 Å². The highest BCUT2D eigenvalue weighted by molar-refractivity contribution is 7.92. The number of anilines is 1. The molecule has 7 nitrogen and oxygen atoms in total. The molecule has 2 heterocycles. The Morgan fingerprint density at radius 2 is 2.10 bits per heavy atom. The Kier molecular flexibility index (Phi) is 4.05. The molecule has 3 N–H and O–H groups in total. The van der Waals surface area contributed by atoms with Crippen LogP contribution in [0.2, 0.25) is 0 Å². The summed E-state index contributed by atoms with van der Waals surface area (Å²) in [5.41, 5.74) is 2.24. The summed E-state index contributed by atoms with van der Waals surface area (Å²) >= 11 is 0. The van der Waals surface area contributed by atoms with E-state index in [-0.39, 0.29) is 4.90 Å². The third-order valence-corrected chi connectivity index (χ3v) is 4.41. The Morgan fingerprint density at radius 3 is 2.75 bits per heavy atom. The fourth-order valence-corrected chi connectivity index (χ4v) is 3.39. The van der Waals surface area contributed by atoms with Gasteiger partial charge in [0.15, 0.2) is 0 Å². The van der Waals surface area contributed by atoms with Crippen LogP contribution in [0.1, 0.15) is 17.0 Å². The third kappa shape index (κ3) is 2.81. The SMILES string of the molecule is CNCc1n[nH]c(C)c1S(=O)(=O)Nc1ccncc1C. The summed E-state index contributed by atoms with van der Waals surface area (Å²) in [6, 6.07) is 1.63. The lowest BCUT2D eigenvalue weighted by Crippen LogP contribution is -2.18. The molecule has 2 rings (SSSR count). The molecule has 0 unspecified atom stereocenters. The van der Waals surface area contributed by atoms with Crippen LogP contribution < -0.4 is 10.0 Å². The van der Waals surface area contributed by atoms with Gasteiger partial charge in [-0.1, -0.05) is 0 Å². The van der Waals surface area contributed by atoms with E-state index in [9.17, 15) is 8.42 Å². The summed E-state index contributed by atoms with van der Waals surface area (Å²) in [7, 11) is -1.95. The van der Waals surface area contributed by atoms with Gasteiger partial charge in [-0.15, -0.1) is 0 Å². The number of nitrogens with zero attached hydrogens (tertiary/aromatic N) is 2. The van der Waals surface area contributed by atoms with Crippen LogP contribution in [0, 0.1) is 13.8 Å². The van der Waals surface area contributed by atoms with E-state index in [0.717, 1.165) is 5.56 Å². The molecule has 0 aliphatic carbocycles. The number of nitrogens with one attached hydrogen (secondary N) is 3. The van der Waals surface area contributed by atoms with Crippen LogP contribution >= 0.6 is 0 Å². The second-order valence-electron chi connectivity index (χ2n) is 4.45. The molecule has 0 atom stereocenters. The first-order valence-corrected chi connectivity index (χ1v) is 7.56. The lowest BCUT2D eigenvalue weighted by atomic mass is 10.3. The molecule has 0 saturated heterocycles. The smallest absolute Gasteiger partial charge is 0.265 e. The molecule has 8 heteroatoms. The van der Waals surface area contributed by atoms with Crippen LogP contribution in [0.3, 0.4) is 0 Å². The summed E-state index contributed by atoms with van der Waals surface area (Å²) in [6.45, 7) is 3.84. The van der Waals surface area contributed by atoms with Crippen LogP contribution in [0.25, 0.3) is 0 Å². The Morgan fingerprint density at radius 1 is 1.35 bits per heavy atom. The number of aromatic amines is 1. The van der Waals surface area contributed by atoms with E-state index in [0.29, 0.717) is 23.6 Å². The van der Waals surface area contributed by atoms with E-state index in [2.05, 4.69) is 25.2 Å². The molecular formula is C12H17N5O2S. The average Bonchev–Trinajstić information content (AvgIpc) is 2.74. The van der Waals surface area contributed by atoms with Crippen molar-refractivity contribution in [2.45, 2.75) is 25.3 Å². The summed E-state index contributed by atoms with van der Waals surface area (Å²) < 4.78 is 27.6. The lowest BCUT2D eigenvalue weighted by molar-refractivity contribution is 0.598. The van der Waals surface area contributed by atoms with E-state index in [1.54, 1.807) is 39.4 Å². The molecule has 2 aromatic heterocycles. The number of hydrogen-bond donors (Lipinski definition) is 3. The number of H-pyrrole nitrogens is 1. The second-order valence-corrected chi connectivity index (χ2v) is 6.07. The highest BCUT2D eigenvalue weighted by Crippen LogP contribution is 2.22. The normalized spacial score (nSPS) is 11.6. The highest BCUT2D eigenvalue weighted by atomic mass is 32.2. The van der Waals surface area contributed by atoms with Crippen molar-refractivity contribution in [2.24, 2.45) is 0 Å². The van der Waals surface area contributed by atoms with Gasteiger partial charge in [0.25, 0.3) is 10.0 Å². The fourth-order valence-electron chi connectivity index (χ4n) is 1.90. The van der Waals surface area contributed by atoms with Crippen LogP contribution in [0.15, 0.2) is 23.4 Å². The molecule has 0 fully saturated rings. The van der Waals surface area contributed by atoms with Gasteiger partial charge in [0.2, 0.25) is 0 Å². The Bertz CT molecular complexity index is 708. The molecule has 0 aliphatic rings. The molecule has 0 saturated carbocycles. The summed E-state index contributed by atoms with van der Waals surface area (Å²) in [5, 5.41) is 9.62. The molecule has 108 valence electrons. The van der Waals surface area contributed by atoms with E-state index >= 15 is 0 Å². The first-order chi connectivity index (χ1) is 9.45. The Balaban J connectivity index is 2.41. The second kappa shape index (κ2) is 5.59. The summed E-state index contributed by atoms with van der Waals surface area (Å²) in [6.07, 6.45) is 3.15. The predicted molar refractivity (Wildman–Crippen MR) is 75.9 cm³/mol. The van der Waals surface area contributed by atoms with Gasteiger partial charge in [-0.2, -0.15) is 5.10 Å². The molecule has 0 bridgehead atoms. The topological polar surface area (TPSA) is 99.8 Å². The maximum absolute atomic E-state index is 12.5. The maximum atomic E-state index is 12.5. The highest BCUT2D eigenvalue weighted by Gasteiger charge is 2.24. The van der Waals surface area contributed by atoms with Gasteiger partial charge >= 0.3 is 0 Å². The zero-order valence-electron chi connectivity index (χ0n) is 11.6. The summed E-state index contributed by atoms with van der Waals surface area (Å²) in [5.74, 6) is 0. The fraction of sp³-hybridized carbons (Fsp3) is 0.333. The molecule has 20 heavy (non-hydrogen) atoms. The number of rotatable bonds is 5. The van der Waals surface area contributed by atoms with Crippen molar-refractivity contribution in [3.8, 4) is 0 Å². The zero-order chi connectivity index (χ0) is 14.8. The number of aryl methyl sites for hydroxylation is 2. The number of hydrogen-bond acceptors (Lipinski definition) is 5. The molecule has 0 amide bonds. The van der Waals surface area contributed by atoms with Crippen LogP contribution in [0.4, 0.5) is 5.69 Å². The van der Waals surface area contributed by atoms with Crippen LogP contribution in [0.5, 0.6) is 0 Å². The van der Waals surface area contributed by atoms with E-state index in [1.165, 1.54) is 0 Å². The maximum Gasteiger partial charge on any atom is 0.265 e. The van der Waals surface area contributed by atoms with Crippen molar-refractivity contribution in [1.82, 2.24) is 20.5 Å². The Labute approximate surface area is 117 Å². The van der Waals surface area contributed by atoms with Crippen molar-refractivity contribution < 1.29 is 8.42 Å². The largest absolute Gasteiger partial charge is 0.314 e. The van der Waals surface area contributed by atoms with Gasteiger partial charge in [0, 0.05) is 18.9 Å². The first kappa shape index (κ1) is 14.5. The van der Waals surface area contributed by atoms with Gasteiger partial charge in [-0.3, -0.25) is 14.8 Å². The monoisotopic (exact) mass is 295 g/mol. The average molecular weight is 295 g/mol. The van der Waals surface area contributed by atoms with Crippen molar-refractivity contribution in [3.63, 3.8) is 0 Å². The number of aromatic nitrogens is 3. The van der Waals surface area contributed by atoms with Crippen molar-refractivity contribution in [2.75, 3.05) is 11.8 Å². The van der Waals surface area contributed by atoms with Crippen LogP contribution in [-0.4, -0.2) is 30.6 Å². The molecular weight excluding hydrogens is 278 g/mol.